The minimum atomic E-state index is 0.817. The maximum atomic E-state index is 4.16. The lowest BCUT2D eigenvalue weighted by molar-refractivity contribution is 0.262. The quantitative estimate of drug-likeness (QED) is 0.501. The molecule has 1 aliphatic carbocycles. The zero-order valence-electron chi connectivity index (χ0n) is 17.4. The summed E-state index contributed by atoms with van der Waals surface area (Å²) in [6, 6.07) is 8.67. The Bertz CT molecular complexity index is 621. The molecule has 1 saturated carbocycles. The van der Waals surface area contributed by atoms with Gasteiger partial charge in [0.2, 0.25) is 0 Å². The van der Waals surface area contributed by atoms with E-state index in [-0.39, 0.29) is 0 Å². The molecule has 1 aromatic carbocycles. The van der Waals surface area contributed by atoms with Crippen LogP contribution in [0, 0.1) is 18.8 Å². The lowest BCUT2D eigenvalue weighted by Gasteiger charge is -2.29. The Balaban J connectivity index is 1.62. The fourth-order valence-electron chi connectivity index (χ4n) is 3.94. The number of rotatable bonds is 11. The molecule has 27 heavy (non-hydrogen) atoms. The van der Waals surface area contributed by atoms with Crippen LogP contribution in [0.2, 0.25) is 0 Å². The monoisotopic (exact) mass is 366 g/mol. The van der Waals surface area contributed by atoms with E-state index < -0.39 is 0 Å². The first-order valence-corrected chi connectivity index (χ1v) is 10.6. The topological polar surface area (TPSA) is 24.1 Å². The summed E-state index contributed by atoms with van der Waals surface area (Å²) < 4.78 is 0. The second-order valence-electron chi connectivity index (χ2n) is 7.96. The van der Waals surface area contributed by atoms with E-state index in [4.69, 9.17) is 0 Å². The summed E-state index contributed by atoms with van der Waals surface area (Å²) in [5, 5.41) is 7.32. The second-order valence-corrected chi connectivity index (χ2v) is 7.96. The molecule has 0 heterocycles. The van der Waals surface area contributed by atoms with Crippen molar-refractivity contribution in [2.45, 2.75) is 52.5 Å². The number of nitrogens with one attached hydrogen (secondary N) is 2. The minimum absolute atomic E-state index is 0.817. The zero-order chi connectivity index (χ0) is 19.5. The molecule has 0 spiro atoms. The van der Waals surface area contributed by atoms with E-state index in [9.17, 15) is 0 Å². The molecule has 0 aromatic heterocycles. The average molecular weight is 367 g/mol. The van der Waals surface area contributed by atoms with Crippen LogP contribution in [-0.4, -0.2) is 19.6 Å². The number of hydrogen-bond acceptors (Lipinski definition) is 2. The van der Waals surface area contributed by atoms with Crippen LogP contribution in [0.25, 0.3) is 0 Å². The van der Waals surface area contributed by atoms with Crippen molar-refractivity contribution in [1.29, 1.82) is 0 Å². The summed E-state index contributed by atoms with van der Waals surface area (Å²) in [5.41, 5.74) is 5.32. The van der Waals surface area contributed by atoms with Gasteiger partial charge in [0.1, 0.15) is 0 Å². The summed E-state index contributed by atoms with van der Waals surface area (Å²) in [5.74, 6) is 1.65. The Morgan fingerprint density at radius 2 is 1.70 bits per heavy atom. The lowest BCUT2D eigenvalue weighted by Crippen LogP contribution is -2.31. The van der Waals surface area contributed by atoms with Crippen molar-refractivity contribution < 1.29 is 0 Å². The summed E-state index contributed by atoms with van der Waals surface area (Å²) in [7, 11) is 0. The third kappa shape index (κ3) is 7.48. The molecule has 2 heteroatoms. The molecule has 0 radical (unpaired) electrons. The molecule has 1 fully saturated rings. The first-order chi connectivity index (χ1) is 13.1. The first-order valence-electron chi connectivity index (χ1n) is 10.6. The maximum absolute atomic E-state index is 4.16. The van der Waals surface area contributed by atoms with Crippen LogP contribution >= 0.6 is 0 Å². The lowest BCUT2D eigenvalue weighted by atomic mass is 9.82. The molecule has 0 unspecified atom stereocenters. The molecule has 1 aliphatic rings. The van der Waals surface area contributed by atoms with Gasteiger partial charge in [0.25, 0.3) is 0 Å². The Morgan fingerprint density at radius 3 is 2.30 bits per heavy atom. The van der Waals surface area contributed by atoms with E-state index in [2.05, 4.69) is 68.0 Å². The van der Waals surface area contributed by atoms with Crippen molar-refractivity contribution in [2.75, 3.05) is 19.6 Å². The SMILES string of the molecule is C=C/C=C(/CNCC1CCC(CNCc2ccccc2C)CC1)C(=C)CC. The van der Waals surface area contributed by atoms with Gasteiger partial charge < -0.3 is 10.6 Å². The molecular weight excluding hydrogens is 328 g/mol. The van der Waals surface area contributed by atoms with Crippen LogP contribution in [0.4, 0.5) is 0 Å². The van der Waals surface area contributed by atoms with E-state index in [1.165, 1.54) is 48.0 Å². The third-order valence-corrected chi connectivity index (χ3v) is 5.92. The largest absolute Gasteiger partial charge is 0.312 e. The Hall–Kier alpha value is -1.64. The van der Waals surface area contributed by atoms with Crippen molar-refractivity contribution in [1.82, 2.24) is 10.6 Å². The molecule has 1 aromatic rings. The molecule has 0 bridgehead atoms. The van der Waals surface area contributed by atoms with Crippen LogP contribution in [-0.2, 0) is 6.54 Å². The van der Waals surface area contributed by atoms with Gasteiger partial charge in [-0.15, -0.1) is 0 Å². The van der Waals surface area contributed by atoms with E-state index in [0.717, 1.165) is 44.4 Å². The fourth-order valence-corrected chi connectivity index (χ4v) is 3.94. The van der Waals surface area contributed by atoms with Crippen LogP contribution in [0.3, 0.4) is 0 Å². The molecule has 0 atom stereocenters. The van der Waals surface area contributed by atoms with Gasteiger partial charge in [0.05, 0.1) is 0 Å². The average Bonchev–Trinajstić information content (AvgIpc) is 2.69. The van der Waals surface area contributed by atoms with Crippen molar-refractivity contribution >= 4 is 0 Å². The normalized spacial score (nSPS) is 20.4. The van der Waals surface area contributed by atoms with E-state index in [1.54, 1.807) is 0 Å². The van der Waals surface area contributed by atoms with Gasteiger partial charge in [0.15, 0.2) is 0 Å². The molecule has 2 nitrogen and oxygen atoms in total. The molecule has 0 aliphatic heterocycles. The van der Waals surface area contributed by atoms with Crippen molar-refractivity contribution in [3.63, 3.8) is 0 Å². The van der Waals surface area contributed by atoms with Crippen LogP contribution in [0.1, 0.15) is 50.2 Å². The number of aryl methyl sites for hydroxylation is 1. The minimum Gasteiger partial charge on any atom is -0.312 e. The van der Waals surface area contributed by atoms with Crippen LogP contribution in [0.15, 0.2) is 60.7 Å². The predicted molar refractivity (Wildman–Crippen MR) is 119 cm³/mol. The molecule has 2 N–H and O–H groups in total. The van der Waals surface area contributed by atoms with Gasteiger partial charge in [-0.05, 0) is 80.7 Å². The molecule has 2 rings (SSSR count). The summed E-state index contributed by atoms with van der Waals surface area (Å²) in [6.07, 6.45) is 10.4. The van der Waals surface area contributed by atoms with Crippen molar-refractivity contribution in [2.24, 2.45) is 11.8 Å². The van der Waals surface area contributed by atoms with E-state index >= 15 is 0 Å². The predicted octanol–water partition coefficient (Wildman–Crippen LogP) is 5.56. The van der Waals surface area contributed by atoms with Gasteiger partial charge in [0, 0.05) is 13.1 Å². The highest BCUT2D eigenvalue weighted by atomic mass is 14.9. The van der Waals surface area contributed by atoms with Gasteiger partial charge in [-0.3, -0.25) is 0 Å². The highest BCUT2D eigenvalue weighted by Gasteiger charge is 2.20. The van der Waals surface area contributed by atoms with Crippen LogP contribution in [0.5, 0.6) is 0 Å². The highest BCUT2D eigenvalue weighted by Crippen LogP contribution is 2.28. The molecule has 0 saturated heterocycles. The third-order valence-electron chi connectivity index (χ3n) is 5.92. The fraction of sp³-hybridized carbons (Fsp3) is 0.520. The summed E-state index contributed by atoms with van der Waals surface area (Å²) in [6.45, 7) is 16.5. The van der Waals surface area contributed by atoms with Crippen molar-refractivity contribution in [3.05, 3.63) is 71.8 Å². The second kappa shape index (κ2) is 11.9. The number of allylic oxidation sites excluding steroid dienone is 2. The Labute approximate surface area is 166 Å². The molecule has 148 valence electrons. The van der Waals surface area contributed by atoms with E-state index in [0.29, 0.717) is 0 Å². The summed E-state index contributed by atoms with van der Waals surface area (Å²) >= 11 is 0. The number of hydrogen-bond donors (Lipinski definition) is 2. The Kier molecular flexibility index (Phi) is 9.58. The maximum Gasteiger partial charge on any atom is 0.0208 e. The zero-order valence-corrected chi connectivity index (χ0v) is 17.4. The van der Waals surface area contributed by atoms with Gasteiger partial charge in [-0.25, -0.2) is 0 Å². The number of benzene rings is 1. The Morgan fingerprint density at radius 1 is 1.07 bits per heavy atom. The first kappa shape index (κ1) is 21.7. The highest BCUT2D eigenvalue weighted by molar-refractivity contribution is 5.32. The van der Waals surface area contributed by atoms with Gasteiger partial charge in [-0.2, -0.15) is 0 Å². The smallest absolute Gasteiger partial charge is 0.0208 e. The summed E-state index contributed by atoms with van der Waals surface area (Å²) in [4.78, 5) is 0. The molecular formula is C25H38N2. The van der Waals surface area contributed by atoms with E-state index in [1.807, 2.05) is 6.08 Å². The standard InChI is InChI=1S/C25H38N2/c1-5-9-24(20(3)6-2)18-26-16-22-12-14-23(15-13-22)17-27-19-25-11-8-7-10-21(25)4/h5,7-11,22-23,26-27H,1,3,6,12-19H2,2,4H3/b24-9-. The van der Waals surface area contributed by atoms with Gasteiger partial charge in [-0.1, -0.05) is 62.1 Å². The van der Waals surface area contributed by atoms with Gasteiger partial charge >= 0.3 is 0 Å². The molecule has 0 amide bonds. The van der Waals surface area contributed by atoms with Crippen molar-refractivity contribution in [3.8, 4) is 0 Å². The van der Waals surface area contributed by atoms with Crippen LogP contribution < -0.4 is 10.6 Å².